The SMILES string of the molecule is CN1C(=O)CCO[C@H]2CN(C(=O)c3cc4c(s3)C3(CCNCC3)OCC4)C[C@@H]21. The van der Waals surface area contributed by atoms with Crippen LogP contribution < -0.4 is 5.32 Å². The standard InChI is InChI=1S/C20H27N3O4S/c1-22-14-11-23(12-15(14)26-8-3-17(22)24)19(25)16-10-13-2-9-27-20(18(13)28-16)4-6-21-7-5-20/h10,14-15,21H,2-9,11-12H2,1H3/t14-,15-/m0/s1. The molecule has 0 radical (unpaired) electrons. The summed E-state index contributed by atoms with van der Waals surface area (Å²) >= 11 is 1.61. The maximum absolute atomic E-state index is 13.3. The van der Waals surface area contributed by atoms with Gasteiger partial charge >= 0.3 is 0 Å². The molecule has 1 aromatic heterocycles. The molecule has 0 unspecified atom stereocenters. The molecule has 1 spiro atoms. The van der Waals surface area contributed by atoms with Crippen LogP contribution in [0.3, 0.4) is 0 Å². The molecule has 8 heteroatoms. The fourth-order valence-corrected chi connectivity index (χ4v) is 6.38. The van der Waals surface area contributed by atoms with E-state index in [1.807, 2.05) is 11.9 Å². The van der Waals surface area contributed by atoms with Gasteiger partial charge in [-0.1, -0.05) is 0 Å². The molecule has 0 saturated carbocycles. The van der Waals surface area contributed by atoms with Crippen molar-refractivity contribution in [2.45, 2.75) is 43.4 Å². The van der Waals surface area contributed by atoms with E-state index in [-0.39, 0.29) is 29.6 Å². The average Bonchev–Trinajstić information content (AvgIpc) is 3.30. The first kappa shape index (κ1) is 18.5. The Morgan fingerprint density at radius 3 is 2.89 bits per heavy atom. The molecular formula is C20H27N3O4S. The van der Waals surface area contributed by atoms with Crippen LogP contribution in [0.5, 0.6) is 0 Å². The summed E-state index contributed by atoms with van der Waals surface area (Å²) in [5, 5.41) is 3.41. The molecule has 3 saturated heterocycles. The highest BCUT2D eigenvalue weighted by Gasteiger charge is 2.44. The van der Waals surface area contributed by atoms with E-state index < -0.39 is 0 Å². The number of hydrogen-bond acceptors (Lipinski definition) is 6. The van der Waals surface area contributed by atoms with E-state index in [4.69, 9.17) is 9.47 Å². The van der Waals surface area contributed by atoms with Gasteiger partial charge in [-0.05, 0) is 44.0 Å². The van der Waals surface area contributed by atoms with Crippen LogP contribution >= 0.6 is 11.3 Å². The highest BCUT2D eigenvalue weighted by atomic mass is 32.1. The Bertz CT molecular complexity index is 788. The number of amides is 2. The number of carbonyl (C=O) groups is 2. The number of fused-ring (bicyclic) bond motifs is 3. The van der Waals surface area contributed by atoms with Crippen molar-refractivity contribution in [1.29, 1.82) is 0 Å². The van der Waals surface area contributed by atoms with Crippen molar-refractivity contribution >= 4 is 23.2 Å². The van der Waals surface area contributed by atoms with Gasteiger partial charge in [0.05, 0.1) is 36.7 Å². The molecule has 5 rings (SSSR count). The van der Waals surface area contributed by atoms with Gasteiger partial charge in [-0.25, -0.2) is 0 Å². The Morgan fingerprint density at radius 1 is 1.25 bits per heavy atom. The third-order valence-corrected chi connectivity index (χ3v) is 8.01. The number of nitrogens with zero attached hydrogens (tertiary/aromatic N) is 2. The highest BCUT2D eigenvalue weighted by molar-refractivity contribution is 7.14. The summed E-state index contributed by atoms with van der Waals surface area (Å²) in [5.74, 6) is 0.152. The number of hydrogen-bond donors (Lipinski definition) is 1. The summed E-state index contributed by atoms with van der Waals surface area (Å²) in [5.41, 5.74) is 1.06. The zero-order chi connectivity index (χ0) is 19.3. The van der Waals surface area contributed by atoms with Crippen molar-refractivity contribution in [1.82, 2.24) is 15.1 Å². The zero-order valence-corrected chi connectivity index (χ0v) is 17.1. The van der Waals surface area contributed by atoms with Crippen LogP contribution in [-0.4, -0.2) is 80.2 Å². The van der Waals surface area contributed by atoms with Crippen LogP contribution in [0, 0.1) is 0 Å². The molecule has 0 aromatic carbocycles. The second-order valence-electron chi connectivity index (χ2n) is 8.25. The predicted molar refractivity (Wildman–Crippen MR) is 105 cm³/mol. The molecule has 4 aliphatic heterocycles. The van der Waals surface area contributed by atoms with E-state index in [2.05, 4.69) is 11.4 Å². The van der Waals surface area contributed by atoms with Crippen LogP contribution in [0.15, 0.2) is 6.07 Å². The second kappa shape index (κ2) is 7.09. The third kappa shape index (κ3) is 2.98. The lowest BCUT2D eigenvalue weighted by atomic mass is 9.86. The number of likely N-dealkylation sites (N-methyl/N-ethyl adjacent to an activating group) is 1. The number of piperidine rings is 1. The van der Waals surface area contributed by atoms with E-state index in [0.717, 1.165) is 43.8 Å². The van der Waals surface area contributed by atoms with Crippen LogP contribution in [0.1, 0.15) is 39.4 Å². The van der Waals surface area contributed by atoms with Crippen molar-refractivity contribution in [3.8, 4) is 0 Å². The van der Waals surface area contributed by atoms with Crippen LogP contribution in [0.4, 0.5) is 0 Å². The fraction of sp³-hybridized carbons (Fsp3) is 0.700. The fourth-order valence-electron chi connectivity index (χ4n) is 5.00. The van der Waals surface area contributed by atoms with E-state index in [9.17, 15) is 9.59 Å². The van der Waals surface area contributed by atoms with Crippen LogP contribution in [0.2, 0.25) is 0 Å². The minimum Gasteiger partial charge on any atom is -0.374 e. The number of thiophene rings is 1. The number of rotatable bonds is 1. The van der Waals surface area contributed by atoms with E-state index in [0.29, 0.717) is 26.1 Å². The first-order valence-corrected chi connectivity index (χ1v) is 11.0. The van der Waals surface area contributed by atoms with Gasteiger partial charge in [-0.15, -0.1) is 11.3 Å². The zero-order valence-electron chi connectivity index (χ0n) is 16.2. The monoisotopic (exact) mass is 405 g/mol. The first-order chi connectivity index (χ1) is 13.6. The molecule has 28 heavy (non-hydrogen) atoms. The molecule has 7 nitrogen and oxygen atoms in total. The lowest BCUT2D eigenvalue weighted by Gasteiger charge is -2.40. The minimum absolute atomic E-state index is 0.0485. The van der Waals surface area contributed by atoms with Crippen LogP contribution in [0.25, 0.3) is 0 Å². The Morgan fingerprint density at radius 2 is 2.07 bits per heavy atom. The third-order valence-electron chi connectivity index (χ3n) is 6.66. The molecule has 152 valence electrons. The van der Waals surface area contributed by atoms with Crippen molar-refractivity contribution < 1.29 is 19.1 Å². The maximum atomic E-state index is 13.3. The number of nitrogens with one attached hydrogen (secondary N) is 1. The van der Waals surface area contributed by atoms with Gasteiger partial charge in [0, 0.05) is 25.0 Å². The number of carbonyl (C=O) groups excluding carboxylic acids is 2. The number of ether oxygens (including phenoxy) is 2. The average molecular weight is 406 g/mol. The Balaban J connectivity index is 1.38. The van der Waals surface area contributed by atoms with Crippen molar-refractivity contribution in [2.24, 2.45) is 0 Å². The number of likely N-dealkylation sites (tertiary alicyclic amines) is 1. The van der Waals surface area contributed by atoms with Gasteiger partial charge in [0.25, 0.3) is 5.91 Å². The summed E-state index contributed by atoms with van der Waals surface area (Å²) in [6.45, 7) is 4.16. The minimum atomic E-state index is -0.214. The Kier molecular flexibility index (Phi) is 4.70. The van der Waals surface area contributed by atoms with Gasteiger partial charge in [0.15, 0.2) is 0 Å². The molecule has 4 aliphatic rings. The van der Waals surface area contributed by atoms with Gasteiger partial charge < -0.3 is 24.6 Å². The molecular weight excluding hydrogens is 378 g/mol. The first-order valence-electron chi connectivity index (χ1n) is 10.2. The summed E-state index contributed by atoms with van der Waals surface area (Å²) in [6.07, 6.45) is 3.13. The summed E-state index contributed by atoms with van der Waals surface area (Å²) < 4.78 is 12.1. The molecule has 0 aliphatic carbocycles. The normalized spacial score (nSPS) is 29.5. The lowest BCUT2D eigenvalue weighted by molar-refractivity contribution is -0.131. The van der Waals surface area contributed by atoms with E-state index in [1.165, 1.54) is 10.4 Å². The maximum Gasteiger partial charge on any atom is 0.264 e. The summed E-state index contributed by atoms with van der Waals surface area (Å²) in [6, 6.07) is 2.03. The van der Waals surface area contributed by atoms with Gasteiger partial charge in [-0.3, -0.25) is 9.59 Å². The predicted octanol–water partition coefficient (Wildman–Crippen LogP) is 0.971. The Hall–Kier alpha value is -1.48. The van der Waals surface area contributed by atoms with Gasteiger partial charge in [0.2, 0.25) is 5.91 Å². The van der Waals surface area contributed by atoms with Crippen LogP contribution in [-0.2, 0) is 26.3 Å². The summed E-state index contributed by atoms with van der Waals surface area (Å²) in [7, 11) is 1.82. The molecule has 2 amide bonds. The molecule has 2 atom stereocenters. The molecule has 1 N–H and O–H groups in total. The molecule has 3 fully saturated rings. The largest absolute Gasteiger partial charge is 0.374 e. The molecule has 0 bridgehead atoms. The van der Waals surface area contributed by atoms with Crippen molar-refractivity contribution in [2.75, 3.05) is 46.4 Å². The molecule has 1 aromatic rings. The van der Waals surface area contributed by atoms with E-state index in [1.54, 1.807) is 16.2 Å². The van der Waals surface area contributed by atoms with Crippen molar-refractivity contribution in [3.05, 3.63) is 21.4 Å². The van der Waals surface area contributed by atoms with E-state index >= 15 is 0 Å². The summed E-state index contributed by atoms with van der Waals surface area (Å²) in [4.78, 5) is 31.1. The quantitative estimate of drug-likeness (QED) is 0.754. The van der Waals surface area contributed by atoms with Crippen molar-refractivity contribution in [3.63, 3.8) is 0 Å². The Labute approximate surface area is 169 Å². The van der Waals surface area contributed by atoms with Gasteiger partial charge in [0.1, 0.15) is 5.60 Å². The van der Waals surface area contributed by atoms with Gasteiger partial charge in [-0.2, -0.15) is 0 Å². The lowest BCUT2D eigenvalue weighted by Crippen LogP contribution is -2.44. The smallest absolute Gasteiger partial charge is 0.264 e. The second-order valence-corrected chi connectivity index (χ2v) is 9.30. The molecule has 5 heterocycles. The topological polar surface area (TPSA) is 71.1 Å². The highest BCUT2D eigenvalue weighted by Crippen LogP contribution is 2.44.